The van der Waals surface area contributed by atoms with E-state index in [0.29, 0.717) is 5.56 Å². The quantitative estimate of drug-likeness (QED) is 0.161. The highest BCUT2D eigenvalue weighted by molar-refractivity contribution is 7.24. The third kappa shape index (κ3) is 5.83. The Kier molecular flexibility index (Phi) is 9.34. The summed E-state index contributed by atoms with van der Waals surface area (Å²) < 4.78 is 9.92. The van der Waals surface area contributed by atoms with Crippen LogP contribution in [0.5, 0.6) is 0 Å². The van der Waals surface area contributed by atoms with Gasteiger partial charge in [0.2, 0.25) is 8.07 Å². The SMILES string of the molecule is N#Cc1c(-n2c3ccccc3c3ccccc32)c(-n2c3ccccc3c3ccccc32)c(-c2cccc3c2[Si]2(c4ccccc4-c4cccnc42)c2ccccc2-3)c(-n2c3ccccc3c3ccccc32)c1-n1c2ccccc2c2ccccc21. The first kappa shape index (κ1) is 46.3. The molecule has 85 heavy (non-hydrogen) atoms. The second-order valence-corrected chi connectivity index (χ2v) is 26.3. The van der Waals surface area contributed by atoms with Crippen molar-refractivity contribution in [1.82, 2.24) is 23.3 Å². The minimum Gasteiger partial charge on any atom is -0.306 e. The van der Waals surface area contributed by atoms with Crippen molar-refractivity contribution in [2.75, 3.05) is 0 Å². The van der Waals surface area contributed by atoms with Crippen LogP contribution in [0, 0.1) is 11.3 Å². The molecule has 17 aromatic rings. The Bertz CT molecular complexity index is 5310. The van der Waals surface area contributed by atoms with E-state index in [-0.39, 0.29) is 0 Å². The van der Waals surface area contributed by atoms with Crippen LogP contribution in [0.3, 0.4) is 0 Å². The van der Waals surface area contributed by atoms with Crippen molar-refractivity contribution in [3.63, 3.8) is 0 Å². The van der Waals surface area contributed by atoms with Gasteiger partial charge in [-0.25, -0.2) is 0 Å². The van der Waals surface area contributed by atoms with Crippen LogP contribution < -0.4 is 20.9 Å². The standard InChI is InChI=1S/C78H46N6Si/c79-47-61-73(81-62-36-11-1-23-48(62)49-24-2-12-37-63(49)81)75(83-66-40-15-5-27-52(66)53-28-6-16-41-67(53)83)72(60-34-21-33-58-56-31-9-19-44-70(56)85(77(58)60)71-45-20-10-32-57(71)59-35-22-46-80-78(59)85)76(84-68-42-17-7-29-54(68)55-30-8-18-43-69(55)84)74(61)82-64-38-13-3-25-50(64)51-26-4-14-39-65(51)82/h1-46H. The normalized spacial score (nSPS) is 14.2. The molecule has 0 bridgehead atoms. The molecule has 12 aromatic carbocycles. The lowest BCUT2D eigenvalue weighted by Gasteiger charge is -2.32. The Balaban J connectivity index is 1.17. The van der Waals surface area contributed by atoms with Gasteiger partial charge in [-0.2, -0.15) is 5.26 Å². The van der Waals surface area contributed by atoms with E-state index < -0.39 is 8.07 Å². The number of aromatic nitrogens is 5. The van der Waals surface area contributed by atoms with Crippen molar-refractivity contribution >= 4 is 116 Å². The highest BCUT2D eigenvalue weighted by Gasteiger charge is 2.57. The summed E-state index contributed by atoms with van der Waals surface area (Å²) in [4.78, 5) is 5.63. The molecule has 5 aromatic heterocycles. The zero-order chi connectivity index (χ0) is 55.6. The molecule has 1 atom stereocenters. The molecular weight excluding hydrogens is 1050 g/mol. The molecule has 1 spiro atoms. The van der Waals surface area contributed by atoms with Crippen LogP contribution in [0.4, 0.5) is 0 Å². The summed E-state index contributed by atoms with van der Waals surface area (Å²) in [5.74, 6) is 0. The number of nitrogens with zero attached hydrogens (tertiary/aromatic N) is 6. The van der Waals surface area contributed by atoms with Gasteiger partial charge >= 0.3 is 0 Å². The Morgan fingerprint density at radius 3 is 0.953 bits per heavy atom. The first-order valence-electron chi connectivity index (χ1n) is 29.1. The van der Waals surface area contributed by atoms with Gasteiger partial charge in [-0.05, 0) is 98.0 Å². The molecular formula is C78H46N6Si. The predicted octanol–water partition coefficient (Wildman–Crippen LogP) is 16.3. The van der Waals surface area contributed by atoms with Crippen LogP contribution in [0.25, 0.3) is 143 Å². The number of fused-ring (bicyclic) bond motifs is 22. The van der Waals surface area contributed by atoms with Gasteiger partial charge in [-0.15, -0.1) is 0 Å². The van der Waals surface area contributed by atoms with Crippen molar-refractivity contribution in [2.24, 2.45) is 0 Å². The molecule has 1 unspecified atom stereocenters. The molecule has 0 radical (unpaired) electrons. The summed E-state index contributed by atoms with van der Waals surface area (Å²) in [6.07, 6.45) is 2.01. The molecule has 7 heterocycles. The van der Waals surface area contributed by atoms with Gasteiger partial charge in [0, 0.05) is 60.2 Å². The second kappa shape index (κ2) is 17.1. The van der Waals surface area contributed by atoms with Crippen molar-refractivity contribution < 1.29 is 0 Å². The molecule has 0 N–H and O–H groups in total. The first-order valence-corrected chi connectivity index (χ1v) is 31.1. The van der Waals surface area contributed by atoms with E-state index in [1.54, 1.807) is 0 Å². The number of benzene rings is 12. The third-order valence-corrected chi connectivity index (χ3v) is 23.7. The topological polar surface area (TPSA) is 56.4 Å². The maximum Gasteiger partial charge on any atom is 0.205 e. The van der Waals surface area contributed by atoms with Gasteiger partial charge in [0.05, 0.1) is 66.9 Å². The summed E-state index contributed by atoms with van der Waals surface area (Å²) in [6.45, 7) is 0. The number of hydrogen-bond acceptors (Lipinski definition) is 2. The molecule has 0 aliphatic carbocycles. The molecule has 6 nitrogen and oxygen atoms in total. The zero-order valence-corrected chi connectivity index (χ0v) is 46.7. The monoisotopic (exact) mass is 1090 g/mol. The predicted molar refractivity (Wildman–Crippen MR) is 353 cm³/mol. The average Bonchev–Trinajstić information content (AvgIpc) is 1.63. The van der Waals surface area contributed by atoms with E-state index in [0.717, 1.165) is 126 Å². The maximum absolute atomic E-state index is 13.2. The van der Waals surface area contributed by atoms with Gasteiger partial charge in [0.15, 0.2) is 0 Å². The second-order valence-electron chi connectivity index (χ2n) is 22.7. The number of nitriles is 1. The van der Waals surface area contributed by atoms with Gasteiger partial charge in [0.25, 0.3) is 0 Å². The first-order chi connectivity index (χ1) is 42.2. The molecule has 2 aliphatic heterocycles. The molecule has 0 amide bonds. The molecule has 392 valence electrons. The van der Waals surface area contributed by atoms with Crippen molar-refractivity contribution in [1.29, 1.82) is 5.26 Å². The molecule has 7 heteroatoms. The summed E-state index contributed by atoms with van der Waals surface area (Å²) in [5, 5.41) is 27.2. The highest BCUT2D eigenvalue weighted by atomic mass is 28.3. The maximum atomic E-state index is 13.2. The van der Waals surface area contributed by atoms with E-state index in [9.17, 15) is 5.26 Å². The number of rotatable bonds is 5. The van der Waals surface area contributed by atoms with Crippen LogP contribution in [-0.2, 0) is 0 Å². The summed E-state index contributed by atoms with van der Waals surface area (Å²) >= 11 is 0. The van der Waals surface area contributed by atoms with Crippen LogP contribution in [0.2, 0.25) is 0 Å². The van der Waals surface area contributed by atoms with Gasteiger partial charge in [-0.1, -0.05) is 218 Å². The minimum absolute atomic E-state index is 0.538. The van der Waals surface area contributed by atoms with Gasteiger partial charge in [-0.3, -0.25) is 4.98 Å². The van der Waals surface area contributed by atoms with E-state index in [4.69, 9.17) is 4.98 Å². The number of para-hydroxylation sites is 8. The smallest absolute Gasteiger partial charge is 0.205 e. The van der Waals surface area contributed by atoms with E-state index in [1.807, 2.05) is 6.20 Å². The molecule has 19 rings (SSSR count). The van der Waals surface area contributed by atoms with Crippen LogP contribution >= 0.6 is 0 Å². The van der Waals surface area contributed by atoms with Crippen molar-refractivity contribution in [3.8, 4) is 62.2 Å². The zero-order valence-electron chi connectivity index (χ0n) is 45.7. The van der Waals surface area contributed by atoms with Crippen molar-refractivity contribution in [2.45, 2.75) is 0 Å². The summed E-state index contributed by atoms with van der Waals surface area (Å²) in [6, 6.07) is 103. The van der Waals surface area contributed by atoms with E-state index in [2.05, 4.69) is 297 Å². The van der Waals surface area contributed by atoms with Crippen LogP contribution in [-0.4, -0.2) is 31.3 Å². The summed E-state index contributed by atoms with van der Waals surface area (Å²) in [7, 11) is -3.38. The molecule has 0 saturated heterocycles. The molecule has 0 fully saturated rings. The van der Waals surface area contributed by atoms with Crippen LogP contribution in [0.1, 0.15) is 5.56 Å². The minimum atomic E-state index is -3.38. The fourth-order valence-electron chi connectivity index (χ4n) is 15.8. The lowest BCUT2D eigenvalue weighted by atomic mass is 9.91. The Hall–Kier alpha value is -11.3. The number of hydrogen-bond donors (Lipinski definition) is 0. The largest absolute Gasteiger partial charge is 0.306 e. The highest BCUT2D eigenvalue weighted by Crippen LogP contribution is 2.53. The lowest BCUT2D eigenvalue weighted by Crippen LogP contribution is -2.72. The number of pyridine rings is 1. The Morgan fingerprint density at radius 2 is 0.576 bits per heavy atom. The Morgan fingerprint density at radius 1 is 0.282 bits per heavy atom. The van der Waals surface area contributed by atoms with Crippen LogP contribution in [0.15, 0.2) is 279 Å². The fraction of sp³-hybridized carbons (Fsp3) is 0. The van der Waals surface area contributed by atoms with E-state index in [1.165, 1.54) is 37.8 Å². The average molecular weight is 1100 g/mol. The molecule has 2 aliphatic rings. The summed E-state index contributed by atoms with van der Waals surface area (Å²) in [5.41, 5.74) is 19.0. The van der Waals surface area contributed by atoms with Gasteiger partial charge in [0.1, 0.15) is 11.6 Å². The Labute approximate surface area is 488 Å². The third-order valence-electron chi connectivity index (χ3n) is 18.8. The van der Waals surface area contributed by atoms with E-state index >= 15 is 0 Å². The lowest BCUT2D eigenvalue weighted by molar-refractivity contribution is 1.04. The molecule has 0 saturated carbocycles. The fourth-order valence-corrected chi connectivity index (χ4v) is 21.4. The van der Waals surface area contributed by atoms with Gasteiger partial charge < -0.3 is 18.3 Å². The van der Waals surface area contributed by atoms with Crippen molar-refractivity contribution in [3.05, 3.63) is 285 Å².